The van der Waals surface area contributed by atoms with Crippen LogP contribution in [0.15, 0.2) is 176 Å². The van der Waals surface area contributed by atoms with Crippen LogP contribution < -0.4 is 0 Å². The van der Waals surface area contributed by atoms with Gasteiger partial charge in [0.25, 0.3) is 0 Å². The van der Waals surface area contributed by atoms with Crippen molar-refractivity contribution in [1.29, 1.82) is 5.26 Å². The molecular weight excluding hydrogens is 667 g/mol. The molecule has 10 aromatic rings. The van der Waals surface area contributed by atoms with Crippen LogP contribution in [0.4, 0.5) is 0 Å². The monoisotopic (exact) mass is 695 g/mol. The van der Waals surface area contributed by atoms with Gasteiger partial charge in [0.2, 0.25) is 0 Å². The molecule has 52 heavy (non-hydrogen) atoms. The average Bonchev–Trinajstić information content (AvgIpc) is 3.80. The quantitative estimate of drug-likeness (QED) is 0.176. The van der Waals surface area contributed by atoms with E-state index in [2.05, 4.69) is 170 Å². The van der Waals surface area contributed by atoms with Gasteiger partial charge in [0.05, 0.1) is 11.6 Å². The maximum atomic E-state index is 10.0. The first kappa shape index (κ1) is 30.5. The molecular formula is C49H29NS2. The topological polar surface area (TPSA) is 23.8 Å². The lowest BCUT2D eigenvalue weighted by atomic mass is 9.93. The summed E-state index contributed by atoms with van der Waals surface area (Å²) in [6.45, 7) is 0. The van der Waals surface area contributed by atoms with E-state index in [0.717, 1.165) is 27.8 Å². The lowest BCUT2D eigenvalue weighted by molar-refractivity contribution is 1.48. The standard InChI is InChI=1S/C49H29NS2/c50-30-31-26-38(29-39(27-31)34-22-24-35(25-23-34)40-12-6-14-44-42-10-1-3-16-46(42)51-48(40)44)33-20-18-32(19-21-33)36-8-5-9-37(28-36)41-13-7-15-45-43-11-2-4-17-47(43)52-49(41)45/h1-29H. The Kier molecular flexibility index (Phi) is 7.32. The predicted molar refractivity (Wildman–Crippen MR) is 224 cm³/mol. The van der Waals surface area contributed by atoms with Crippen molar-refractivity contribution in [2.45, 2.75) is 0 Å². The van der Waals surface area contributed by atoms with E-state index in [-0.39, 0.29) is 0 Å². The summed E-state index contributed by atoms with van der Waals surface area (Å²) in [6.07, 6.45) is 0. The fourth-order valence-electron chi connectivity index (χ4n) is 7.54. The van der Waals surface area contributed by atoms with Crippen molar-refractivity contribution in [3.63, 3.8) is 0 Å². The molecule has 0 unspecified atom stereocenters. The normalized spacial score (nSPS) is 11.4. The van der Waals surface area contributed by atoms with Crippen LogP contribution in [-0.2, 0) is 0 Å². The number of rotatable bonds is 5. The van der Waals surface area contributed by atoms with E-state index < -0.39 is 0 Å². The second kappa shape index (κ2) is 12.5. The van der Waals surface area contributed by atoms with Crippen LogP contribution in [0.25, 0.3) is 96.0 Å². The Bertz CT molecular complexity index is 3010. The van der Waals surface area contributed by atoms with E-state index in [0.29, 0.717) is 5.56 Å². The van der Waals surface area contributed by atoms with Crippen LogP contribution in [0.2, 0.25) is 0 Å². The molecule has 2 aromatic heterocycles. The van der Waals surface area contributed by atoms with Gasteiger partial charge in [-0.2, -0.15) is 5.26 Å². The Labute approximate surface area is 309 Å². The number of hydrogen-bond acceptors (Lipinski definition) is 3. The highest BCUT2D eigenvalue weighted by Crippen LogP contribution is 2.42. The zero-order valence-electron chi connectivity index (χ0n) is 28.0. The van der Waals surface area contributed by atoms with Gasteiger partial charge in [-0.1, -0.05) is 140 Å². The van der Waals surface area contributed by atoms with Crippen molar-refractivity contribution >= 4 is 63.0 Å². The van der Waals surface area contributed by atoms with Crippen molar-refractivity contribution in [3.05, 3.63) is 181 Å². The zero-order chi connectivity index (χ0) is 34.6. The minimum absolute atomic E-state index is 0.652. The SMILES string of the molecule is N#Cc1cc(-c2ccc(-c3cccc(-c4cccc5c4sc4ccccc45)c3)cc2)cc(-c2ccc(-c3cccc4c3sc3ccccc34)cc2)c1. The highest BCUT2D eigenvalue weighted by molar-refractivity contribution is 7.26. The molecule has 242 valence electrons. The van der Waals surface area contributed by atoms with Crippen molar-refractivity contribution in [3.8, 4) is 61.7 Å². The summed E-state index contributed by atoms with van der Waals surface area (Å²) in [5.74, 6) is 0. The van der Waals surface area contributed by atoms with Gasteiger partial charge in [-0.25, -0.2) is 0 Å². The predicted octanol–water partition coefficient (Wildman–Crippen LogP) is 14.6. The first-order valence-electron chi connectivity index (χ1n) is 17.4. The van der Waals surface area contributed by atoms with Crippen molar-refractivity contribution < 1.29 is 0 Å². The molecule has 0 radical (unpaired) electrons. The lowest BCUT2D eigenvalue weighted by Gasteiger charge is -2.11. The van der Waals surface area contributed by atoms with Crippen LogP contribution >= 0.6 is 22.7 Å². The first-order valence-corrected chi connectivity index (χ1v) is 19.0. The molecule has 8 aromatic carbocycles. The van der Waals surface area contributed by atoms with Crippen molar-refractivity contribution in [2.75, 3.05) is 0 Å². The maximum Gasteiger partial charge on any atom is 0.0992 e. The minimum Gasteiger partial charge on any atom is -0.192 e. The second-order valence-corrected chi connectivity index (χ2v) is 15.3. The van der Waals surface area contributed by atoms with E-state index >= 15 is 0 Å². The Balaban J connectivity index is 0.958. The summed E-state index contributed by atoms with van der Waals surface area (Å²) in [5.41, 5.74) is 12.2. The summed E-state index contributed by atoms with van der Waals surface area (Å²) >= 11 is 3.72. The number of nitriles is 1. The van der Waals surface area contributed by atoms with Crippen LogP contribution in [0.1, 0.15) is 5.56 Å². The first-order chi connectivity index (χ1) is 25.7. The molecule has 10 rings (SSSR count). The fourth-order valence-corrected chi connectivity index (χ4v) is 10.0. The molecule has 0 saturated carbocycles. The summed E-state index contributed by atoms with van der Waals surface area (Å²) < 4.78 is 5.27. The highest BCUT2D eigenvalue weighted by atomic mass is 32.1. The summed E-state index contributed by atoms with van der Waals surface area (Å²) in [7, 11) is 0. The molecule has 0 saturated heterocycles. The smallest absolute Gasteiger partial charge is 0.0992 e. The lowest BCUT2D eigenvalue weighted by Crippen LogP contribution is -1.87. The number of thiophene rings is 2. The Hall–Kier alpha value is -6.31. The number of nitrogens with zero attached hydrogens (tertiary/aromatic N) is 1. The van der Waals surface area contributed by atoms with E-state index in [9.17, 15) is 5.26 Å². The van der Waals surface area contributed by atoms with Crippen LogP contribution in [0, 0.1) is 11.3 Å². The van der Waals surface area contributed by atoms with E-state index in [1.54, 1.807) is 0 Å². The summed E-state index contributed by atoms with van der Waals surface area (Å²) in [6, 6.07) is 65.4. The van der Waals surface area contributed by atoms with Crippen molar-refractivity contribution in [1.82, 2.24) is 0 Å². The van der Waals surface area contributed by atoms with Gasteiger partial charge in [0.1, 0.15) is 0 Å². The molecule has 1 nitrogen and oxygen atoms in total. The van der Waals surface area contributed by atoms with Crippen LogP contribution in [0.5, 0.6) is 0 Å². The number of fused-ring (bicyclic) bond motifs is 6. The van der Waals surface area contributed by atoms with Crippen molar-refractivity contribution in [2.24, 2.45) is 0 Å². The van der Waals surface area contributed by atoms with Gasteiger partial charge in [0, 0.05) is 40.3 Å². The third-order valence-corrected chi connectivity index (χ3v) is 12.6. The second-order valence-electron chi connectivity index (χ2n) is 13.2. The molecule has 0 amide bonds. The molecule has 0 spiro atoms. The minimum atomic E-state index is 0.652. The molecule has 0 bridgehead atoms. The van der Waals surface area contributed by atoms with Gasteiger partial charge in [-0.3, -0.25) is 0 Å². The molecule has 0 aliphatic heterocycles. The third-order valence-electron chi connectivity index (χ3n) is 10.1. The van der Waals surface area contributed by atoms with Crippen LogP contribution in [0.3, 0.4) is 0 Å². The summed E-state index contributed by atoms with van der Waals surface area (Å²) in [5, 5.41) is 15.2. The van der Waals surface area contributed by atoms with Gasteiger partial charge >= 0.3 is 0 Å². The van der Waals surface area contributed by atoms with E-state index in [1.165, 1.54) is 68.2 Å². The maximum absolute atomic E-state index is 10.0. The third kappa shape index (κ3) is 5.20. The fraction of sp³-hybridized carbons (Fsp3) is 0. The number of hydrogen-bond donors (Lipinski definition) is 0. The van der Waals surface area contributed by atoms with Crippen LogP contribution in [-0.4, -0.2) is 0 Å². The molecule has 0 fully saturated rings. The van der Waals surface area contributed by atoms with Gasteiger partial charge in [-0.15, -0.1) is 22.7 Å². The van der Waals surface area contributed by atoms with Gasteiger partial charge in [0.15, 0.2) is 0 Å². The Morgan fingerprint density at radius 3 is 1.31 bits per heavy atom. The Morgan fingerprint density at radius 1 is 0.327 bits per heavy atom. The zero-order valence-corrected chi connectivity index (χ0v) is 29.6. The average molecular weight is 696 g/mol. The Morgan fingerprint density at radius 2 is 0.750 bits per heavy atom. The molecule has 0 aliphatic carbocycles. The van der Waals surface area contributed by atoms with E-state index in [1.807, 2.05) is 34.8 Å². The molecule has 0 atom stereocenters. The number of benzene rings is 8. The highest BCUT2D eigenvalue weighted by Gasteiger charge is 2.13. The van der Waals surface area contributed by atoms with Gasteiger partial charge < -0.3 is 0 Å². The molecule has 2 heterocycles. The largest absolute Gasteiger partial charge is 0.192 e. The summed E-state index contributed by atoms with van der Waals surface area (Å²) in [4.78, 5) is 0. The molecule has 3 heteroatoms. The molecule has 0 aliphatic rings. The van der Waals surface area contributed by atoms with Gasteiger partial charge in [-0.05, 0) is 92.0 Å². The molecule has 0 N–H and O–H groups in total. The van der Waals surface area contributed by atoms with E-state index in [4.69, 9.17) is 0 Å².